The van der Waals surface area contributed by atoms with Crippen molar-refractivity contribution in [3.8, 4) is 0 Å². The Morgan fingerprint density at radius 2 is 1.69 bits per heavy atom. The number of carbonyl (C=O) groups is 1. The maximum Gasteiger partial charge on any atom is 0.168 e. The molecule has 0 unspecified atom stereocenters. The summed E-state index contributed by atoms with van der Waals surface area (Å²) < 4.78 is 0. The number of Topliss-reactive ketones (excluding diaryl/α,β-unsaturated/α-hetero) is 1. The fourth-order valence-corrected chi connectivity index (χ4v) is 3.36. The van der Waals surface area contributed by atoms with Gasteiger partial charge < -0.3 is 5.11 Å². The largest absolute Gasteiger partial charge is 0.511 e. The minimum Gasteiger partial charge on any atom is -0.511 e. The normalized spacial score (nSPS) is 20.3. The minimum atomic E-state index is -0.156. The van der Waals surface area contributed by atoms with Gasteiger partial charge in [-0.2, -0.15) is 0 Å². The smallest absolute Gasteiger partial charge is 0.168 e. The zero-order valence-electron chi connectivity index (χ0n) is 15.6. The number of nitrogens with zero attached hydrogens (tertiary/aromatic N) is 1. The van der Waals surface area contributed by atoms with Gasteiger partial charge in [-0.25, -0.2) is 0 Å². The lowest BCUT2D eigenvalue weighted by Gasteiger charge is -2.31. The van der Waals surface area contributed by atoms with Crippen LogP contribution in [0.3, 0.4) is 0 Å². The van der Waals surface area contributed by atoms with Crippen molar-refractivity contribution in [1.82, 2.24) is 0 Å². The number of ketones is 1. The molecule has 0 spiro atoms. The highest BCUT2D eigenvalue weighted by atomic mass is 16.3. The molecule has 2 aromatic carbocycles. The molecule has 0 bridgehead atoms. The second kappa shape index (κ2) is 7.28. The zero-order valence-corrected chi connectivity index (χ0v) is 15.6. The van der Waals surface area contributed by atoms with E-state index in [0.717, 1.165) is 16.8 Å². The van der Waals surface area contributed by atoms with Crippen molar-refractivity contribution in [3.05, 3.63) is 77.1 Å². The lowest BCUT2D eigenvalue weighted by atomic mass is 9.73. The first-order valence-corrected chi connectivity index (χ1v) is 8.98. The van der Waals surface area contributed by atoms with E-state index in [9.17, 15) is 9.90 Å². The molecule has 2 aromatic rings. The van der Waals surface area contributed by atoms with Gasteiger partial charge in [0.05, 0.1) is 17.0 Å². The van der Waals surface area contributed by atoms with Gasteiger partial charge in [0.25, 0.3) is 0 Å². The number of aliphatic hydroxyl groups excluding tert-OH is 1. The van der Waals surface area contributed by atoms with Crippen LogP contribution in [0.2, 0.25) is 0 Å². The van der Waals surface area contributed by atoms with E-state index in [4.69, 9.17) is 4.99 Å². The van der Waals surface area contributed by atoms with Gasteiger partial charge in [0, 0.05) is 12.8 Å². The van der Waals surface area contributed by atoms with Gasteiger partial charge in [0.2, 0.25) is 0 Å². The van der Waals surface area contributed by atoms with Crippen LogP contribution >= 0.6 is 0 Å². The van der Waals surface area contributed by atoms with Gasteiger partial charge in [0.15, 0.2) is 5.78 Å². The Balaban J connectivity index is 2.02. The van der Waals surface area contributed by atoms with E-state index in [1.165, 1.54) is 0 Å². The standard InChI is InChI=1S/C23H25NO2/c1-16-9-11-18(12-10-16)24-19-14-23(2,3)15-21(26)22(19)20(25)13-17-7-5-4-6-8-17/h4-12,25H,13-15H2,1-3H3. The summed E-state index contributed by atoms with van der Waals surface area (Å²) in [6, 6.07) is 17.6. The number of carbonyl (C=O) groups excluding carboxylic acids is 1. The van der Waals surface area contributed by atoms with Gasteiger partial charge in [-0.15, -0.1) is 0 Å². The first kappa shape index (κ1) is 18.1. The molecule has 1 fully saturated rings. The average molecular weight is 347 g/mol. The maximum absolute atomic E-state index is 12.8. The Labute approximate surface area is 155 Å². The summed E-state index contributed by atoms with van der Waals surface area (Å²) in [5.41, 5.74) is 3.87. The molecule has 0 radical (unpaired) electrons. The molecular weight excluding hydrogens is 322 g/mol. The van der Waals surface area contributed by atoms with Gasteiger partial charge in [-0.1, -0.05) is 61.9 Å². The van der Waals surface area contributed by atoms with Gasteiger partial charge in [-0.05, 0) is 36.5 Å². The molecule has 134 valence electrons. The van der Waals surface area contributed by atoms with Crippen molar-refractivity contribution in [2.24, 2.45) is 10.4 Å². The molecule has 3 heteroatoms. The molecule has 1 N–H and O–H groups in total. The third kappa shape index (κ3) is 4.29. The molecule has 0 heterocycles. The van der Waals surface area contributed by atoms with Gasteiger partial charge in [0.1, 0.15) is 5.76 Å². The molecule has 0 aliphatic heterocycles. The van der Waals surface area contributed by atoms with Gasteiger partial charge >= 0.3 is 0 Å². The fraction of sp³-hybridized carbons (Fsp3) is 0.304. The van der Waals surface area contributed by atoms with Crippen LogP contribution in [0, 0.1) is 12.3 Å². The van der Waals surface area contributed by atoms with Crippen molar-refractivity contribution in [3.63, 3.8) is 0 Å². The predicted octanol–water partition coefficient (Wildman–Crippen LogP) is 5.51. The third-order valence-corrected chi connectivity index (χ3v) is 4.65. The number of aliphatic hydroxyl groups is 1. The number of allylic oxidation sites excluding steroid dienone is 2. The van der Waals surface area contributed by atoms with Crippen molar-refractivity contribution in [2.75, 3.05) is 0 Å². The van der Waals surface area contributed by atoms with E-state index in [1.54, 1.807) is 0 Å². The van der Waals surface area contributed by atoms with Crippen LogP contribution in [0.5, 0.6) is 0 Å². The highest BCUT2D eigenvalue weighted by Gasteiger charge is 2.36. The van der Waals surface area contributed by atoms with Crippen molar-refractivity contribution in [2.45, 2.75) is 40.0 Å². The highest BCUT2D eigenvalue weighted by Crippen LogP contribution is 2.36. The summed E-state index contributed by atoms with van der Waals surface area (Å²) in [6.45, 7) is 6.17. The minimum absolute atomic E-state index is 0.0273. The van der Waals surface area contributed by atoms with Crippen molar-refractivity contribution >= 4 is 17.2 Å². The first-order chi connectivity index (χ1) is 12.3. The second-order valence-electron chi connectivity index (χ2n) is 7.82. The van der Waals surface area contributed by atoms with Crippen LogP contribution < -0.4 is 0 Å². The Morgan fingerprint density at radius 1 is 1.04 bits per heavy atom. The Kier molecular flexibility index (Phi) is 5.08. The van der Waals surface area contributed by atoms with E-state index < -0.39 is 0 Å². The second-order valence-corrected chi connectivity index (χ2v) is 7.82. The molecular formula is C23H25NO2. The van der Waals surface area contributed by atoms with Crippen LogP contribution in [0.4, 0.5) is 5.69 Å². The Bertz CT molecular complexity index is 859. The molecule has 0 atom stereocenters. The van der Waals surface area contributed by atoms with Crippen LogP contribution in [0.15, 0.2) is 70.9 Å². The van der Waals surface area contributed by atoms with E-state index in [-0.39, 0.29) is 17.0 Å². The lowest BCUT2D eigenvalue weighted by Crippen LogP contribution is -2.32. The summed E-state index contributed by atoms with van der Waals surface area (Å²) in [7, 11) is 0. The average Bonchev–Trinajstić information content (AvgIpc) is 2.56. The van der Waals surface area contributed by atoms with E-state index in [1.807, 2.05) is 61.5 Å². The number of rotatable bonds is 3. The third-order valence-electron chi connectivity index (χ3n) is 4.65. The van der Waals surface area contributed by atoms with Crippen LogP contribution in [-0.2, 0) is 11.2 Å². The monoisotopic (exact) mass is 347 g/mol. The number of aliphatic imine (C=N–C) groups is 1. The molecule has 3 nitrogen and oxygen atoms in total. The van der Waals surface area contributed by atoms with E-state index in [0.29, 0.717) is 30.5 Å². The Hall–Kier alpha value is -2.68. The fourth-order valence-electron chi connectivity index (χ4n) is 3.36. The molecule has 1 aliphatic rings. The highest BCUT2D eigenvalue weighted by molar-refractivity contribution is 6.25. The lowest BCUT2D eigenvalue weighted by molar-refractivity contribution is -0.117. The summed E-state index contributed by atoms with van der Waals surface area (Å²) in [4.78, 5) is 17.5. The first-order valence-electron chi connectivity index (χ1n) is 8.98. The summed E-state index contributed by atoms with van der Waals surface area (Å²) in [5.74, 6) is 0.0862. The number of benzene rings is 2. The van der Waals surface area contributed by atoms with Crippen LogP contribution in [0.25, 0.3) is 0 Å². The molecule has 3 rings (SSSR count). The van der Waals surface area contributed by atoms with E-state index in [2.05, 4.69) is 13.8 Å². The molecule has 1 saturated carbocycles. The molecule has 26 heavy (non-hydrogen) atoms. The zero-order chi connectivity index (χ0) is 18.7. The topological polar surface area (TPSA) is 49.7 Å². The molecule has 0 amide bonds. The predicted molar refractivity (Wildman–Crippen MR) is 106 cm³/mol. The van der Waals surface area contributed by atoms with Crippen LogP contribution in [-0.4, -0.2) is 16.6 Å². The number of hydrogen-bond donors (Lipinski definition) is 1. The number of hydrogen-bond acceptors (Lipinski definition) is 3. The van der Waals surface area contributed by atoms with Crippen molar-refractivity contribution in [1.29, 1.82) is 0 Å². The van der Waals surface area contributed by atoms with Gasteiger partial charge in [-0.3, -0.25) is 9.79 Å². The molecule has 0 aromatic heterocycles. The molecule has 1 aliphatic carbocycles. The maximum atomic E-state index is 12.8. The number of aryl methyl sites for hydroxylation is 1. The quantitative estimate of drug-likeness (QED) is 0.588. The SMILES string of the molecule is Cc1ccc(N=C2CC(C)(C)CC(=O)C2=C(O)Cc2ccccc2)cc1. The summed E-state index contributed by atoms with van der Waals surface area (Å²) >= 11 is 0. The van der Waals surface area contributed by atoms with Crippen molar-refractivity contribution < 1.29 is 9.90 Å². The molecule has 0 saturated heterocycles. The Morgan fingerprint density at radius 3 is 2.35 bits per heavy atom. The summed E-state index contributed by atoms with van der Waals surface area (Å²) in [5, 5.41) is 10.7. The van der Waals surface area contributed by atoms with Crippen LogP contribution in [0.1, 0.15) is 37.8 Å². The van der Waals surface area contributed by atoms with E-state index >= 15 is 0 Å². The summed E-state index contributed by atoms with van der Waals surface area (Å²) in [6.07, 6.45) is 1.43.